The van der Waals surface area contributed by atoms with Crippen LogP contribution in [0.25, 0.3) is 0 Å². The van der Waals surface area contributed by atoms with Crippen LogP contribution >= 0.6 is 11.6 Å². The molecule has 0 saturated carbocycles. The lowest BCUT2D eigenvalue weighted by molar-refractivity contribution is 0.250. The molecule has 24 heavy (non-hydrogen) atoms. The minimum atomic E-state index is -0.194. The summed E-state index contributed by atoms with van der Waals surface area (Å²) in [6.45, 7) is 4.66. The number of nitrogens with zero attached hydrogens (tertiary/aromatic N) is 3. The molecule has 0 aliphatic carbocycles. The van der Waals surface area contributed by atoms with E-state index in [1.807, 2.05) is 25.2 Å². The summed E-state index contributed by atoms with van der Waals surface area (Å²) in [5, 5.41) is 10.5. The van der Waals surface area contributed by atoms with Gasteiger partial charge in [0.1, 0.15) is 0 Å². The zero-order valence-corrected chi connectivity index (χ0v) is 14.7. The average Bonchev–Trinajstić information content (AvgIpc) is 3.17. The van der Waals surface area contributed by atoms with Gasteiger partial charge < -0.3 is 15.5 Å². The fraction of sp³-hybridized carbons (Fsp3) is 0.412. The van der Waals surface area contributed by atoms with Crippen LogP contribution in [0, 0.1) is 12.8 Å². The summed E-state index contributed by atoms with van der Waals surface area (Å²) in [6.07, 6.45) is 4.44. The van der Waals surface area contributed by atoms with E-state index in [0.29, 0.717) is 18.2 Å². The largest absolute Gasteiger partial charge is 0.371 e. The molecule has 2 amide bonds. The number of halogens is 1. The van der Waals surface area contributed by atoms with Crippen LogP contribution in [0.3, 0.4) is 0 Å². The molecule has 2 N–H and O–H groups in total. The number of aromatic nitrogens is 2. The van der Waals surface area contributed by atoms with E-state index in [-0.39, 0.29) is 6.03 Å². The van der Waals surface area contributed by atoms with Crippen molar-refractivity contribution in [3.63, 3.8) is 0 Å². The summed E-state index contributed by atoms with van der Waals surface area (Å²) < 4.78 is 1.65. The predicted molar refractivity (Wildman–Crippen MR) is 96.7 cm³/mol. The fourth-order valence-electron chi connectivity index (χ4n) is 3.04. The molecule has 3 rings (SSSR count). The Kier molecular flexibility index (Phi) is 4.94. The standard InChI is InChI=1S/C17H22ClN5O/c1-12-3-4-14(18)7-16(12)23-6-5-13(10-23)8-19-17(24)21-15-9-20-22(2)11-15/h3-4,7,9,11,13H,5-6,8,10H2,1-2H3,(H2,19,21,24)/t13-/m0/s1. The molecular weight excluding hydrogens is 326 g/mol. The lowest BCUT2D eigenvalue weighted by atomic mass is 10.1. The van der Waals surface area contributed by atoms with Gasteiger partial charge in [0.15, 0.2) is 0 Å². The highest BCUT2D eigenvalue weighted by atomic mass is 35.5. The number of hydrogen-bond donors (Lipinski definition) is 2. The minimum absolute atomic E-state index is 0.194. The number of carbonyl (C=O) groups is 1. The van der Waals surface area contributed by atoms with Gasteiger partial charge in [-0.25, -0.2) is 4.79 Å². The molecule has 2 aromatic rings. The highest BCUT2D eigenvalue weighted by Crippen LogP contribution is 2.29. The van der Waals surface area contributed by atoms with Gasteiger partial charge in [0, 0.05) is 43.6 Å². The van der Waals surface area contributed by atoms with Crippen molar-refractivity contribution in [3.05, 3.63) is 41.2 Å². The number of urea groups is 1. The van der Waals surface area contributed by atoms with Crippen molar-refractivity contribution in [2.75, 3.05) is 29.9 Å². The summed E-state index contributed by atoms with van der Waals surface area (Å²) in [5.74, 6) is 0.433. The summed E-state index contributed by atoms with van der Waals surface area (Å²) >= 11 is 6.11. The molecule has 7 heteroatoms. The first kappa shape index (κ1) is 16.6. The summed E-state index contributed by atoms with van der Waals surface area (Å²) in [5.41, 5.74) is 3.10. The molecule has 0 bridgehead atoms. The van der Waals surface area contributed by atoms with Crippen LogP contribution < -0.4 is 15.5 Å². The monoisotopic (exact) mass is 347 g/mol. The van der Waals surface area contributed by atoms with Crippen molar-refractivity contribution >= 4 is 29.0 Å². The molecule has 0 spiro atoms. The SMILES string of the molecule is Cc1ccc(Cl)cc1N1CC[C@@H](CNC(=O)Nc2cnn(C)c2)C1. The third-order valence-electron chi connectivity index (χ3n) is 4.31. The molecule has 1 fully saturated rings. The van der Waals surface area contributed by atoms with E-state index < -0.39 is 0 Å². The molecule has 1 aliphatic heterocycles. The van der Waals surface area contributed by atoms with Gasteiger partial charge in [-0.05, 0) is 37.0 Å². The number of carbonyl (C=O) groups excluding carboxylic acids is 1. The lowest BCUT2D eigenvalue weighted by Gasteiger charge is -2.21. The Balaban J connectivity index is 1.49. The molecule has 0 radical (unpaired) electrons. The number of hydrogen-bond acceptors (Lipinski definition) is 3. The van der Waals surface area contributed by atoms with Crippen molar-refractivity contribution in [1.29, 1.82) is 0 Å². The number of rotatable bonds is 4. The van der Waals surface area contributed by atoms with E-state index in [2.05, 4.69) is 27.6 Å². The summed E-state index contributed by atoms with van der Waals surface area (Å²) in [4.78, 5) is 14.3. The van der Waals surface area contributed by atoms with Crippen molar-refractivity contribution in [3.8, 4) is 0 Å². The second kappa shape index (κ2) is 7.13. The normalized spacial score (nSPS) is 17.1. The molecule has 1 saturated heterocycles. The van der Waals surface area contributed by atoms with Gasteiger partial charge in [-0.3, -0.25) is 4.68 Å². The highest BCUT2D eigenvalue weighted by molar-refractivity contribution is 6.30. The second-order valence-corrected chi connectivity index (χ2v) is 6.71. The smallest absolute Gasteiger partial charge is 0.319 e. The van der Waals surface area contributed by atoms with Crippen LogP contribution in [-0.4, -0.2) is 35.4 Å². The third kappa shape index (κ3) is 4.00. The van der Waals surface area contributed by atoms with E-state index >= 15 is 0 Å². The van der Waals surface area contributed by atoms with E-state index in [9.17, 15) is 4.79 Å². The lowest BCUT2D eigenvalue weighted by Crippen LogP contribution is -2.34. The first-order valence-electron chi connectivity index (χ1n) is 8.06. The Morgan fingerprint density at radius 2 is 2.29 bits per heavy atom. The first-order valence-corrected chi connectivity index (χ1v) is 8.43. The van der Waals surface area contributed by atoms with Gasteiger partial charge in [-0.15, -0.1) is 0 Å². The molecule has 6 nitrogen and oxygen atoms in total. The number of aryl methyl sites for hydroxylation is 2. The maximum absolute atomic E-state index is 11.9. The second-order valence-electron chi connectivity index (χ2n) is 6.27. The average molecular weight is 348 g/mol. The van der Waals surface area contributed by atoms with Crippen LogP contribution in [0.15, 0.2) is 30.6 Å². The molecule has 2 heterocycles. The zero-order chi connectivity index (χ0) is 17.1. The first-order chi connectivity index (χ1) is 11.5. The van der Waals surface area contributed by atoms with Crippen molar-refractivity contribution < 1.29 is 4.79 Å². The predicted octanol–water partition coefficient (Wildman–Crippen LogP) is 3.03. The van der Waals surface area contributed by atoms with E-state index in [1.54, 1.807) is 17.1 Å². The Bertz CT molecular complexity index is 730. The van der Waals surface area contributed by atoms with Crippen LogP contribution in [0.2, 0.25) is 5.02 Å². The van der Waals surface area contributed by atoms with Crippen LogP contribution in [-0.2, 0) is 7.05 Å². The molecule has 128 valence electrons. The van der Waals surface area contributed by atoms with Crippen molar-refractivity contribution in [1.82, 2.24) is 15.1 Å². The Morgan fingerprint density at radius 3 is 3.04 bits per heavy atom. The van der Waals surface area contributed by atoms with Gasteiger partial charge in [-0.2, -0.15) is 5.10 Å². The molecule has 1 aliphatic rings. The maximum atomic E-state index is 11.9. The number of anilines is 2. The van der Waals surface area contributed by atoms with E-state index in [1.165, 1.54) is 11.3 Å². The Hall–Kier alpha value is -2.21. The van der Waals surface area contributed by atoms with Gasteiger partial charge in [-0.1, -0.05) is 17.7 Å². The topological polar surface area (TPSA) is 62.2 Å². The number of nitrogens with one attached hydrogen (secondary N) is 2. The summed E-state index contributed by atoms with van der Waals surface area (Å²) in [6, 6.07) is 5.78. The third-order valence-corrected chi connectivity index (χ3v) is 4.55. The van der Waals surface area contributed by atoms with Gasteiger partial charge >= 0.3 is 6.03 Å². The van der Waals surface area contributed by atoms with E-state index in [0.717, 1.165) is 24.5 Å². The molecule has 1 aromatic carbocycles. The minimum Gasteiger partial charge on any atom is -0.371 e. The van der Waals surface area contributed by atoms with Crippen LogP contribution in [0.5, 0.6) is 0 Å². The Morgan fingerprint density at radius 1 is 1.46 bits per heavy atom. The zero-order valence-electron chi connectivity index (χ0n) is 13.9. The number of amides is 2. The van der Waals surface area contributed by atoms with E-state index in [4.69, 9.17) is 11.6 Å². The molecule has 1 atom stereocenters. The van der Waals surface area contributed by atoms with Crippen LogP contribution in [0.4, 0.5) is 16.2 Å². The quantitative estimate of drug-likeness (QED) is 0.893. The fourth-order valence-corrected chi connectivity index (χ4v) is 3.21. The van der Waals surface area contributed by atoms with Crippen molar-refractivity contribution in [2.24, 2.45) is 13.0 Å². The molecule has 0 unspecified atom stereocenters. The van der Waals surface area contributed by atoms with Crippen molar-refractivity contribution in [2.45, 2.75) is 13.3 Å². The maximum Gasteiger partial charge on any atom is 0.319 e. The van der Waals surface area contributed by atoms with Gasteiger partial charge in [0.2, 0.25) is 0 Å². The van der Waals surface area contributed by atoms with Gasteiger partial charge in [0.25, 0.3) is 0 Å². The Labute approximate surface area is 146 Å². The molecule has 1 aromatic heterocycles. The highest BCUT2D eigenvalue weighted by Gasteiger charge is 2.24. The number of benzene rings is 1. The van der Waals surface area contributed by atoms with Gasteiger partial charge in [0.05, 0.1) is 11.9 Å². The molecular formula is C17H22ClN5O. The van der Waals surface area contributed by atoms with Crippen LogP contribution in [0.1, 0.15) is 12.0 Å². The summed E-state index contributed by atoms with van der Waals surface area (Å²) in [7, 11) is 1.81.